The van der Waals surface area contributed by atoms with Crippen LogP contribution in [0.3, 0.4) is 0 Å². The molecule has 2 aliphatic rings. The van der Waals surface area contributed by atoms with Gasteiger partial charge in [-0.3, -0.25) is 14.6 Å². The van der Waals surface area contributed by atoms with Crippen molar-refractivity contribution in [1.82, 2.24) is 15.1 Å². The van der Waals surface area contributed by atoms with Gasteiger partial charge in [-0.25, -0.2) is 0 Å². The molecule has 1 aliphatic heterocycles. The molecule has 5 nitrogen and oxygen atoms in total. The zero-order chi connectivity index (χ0) is 15.5. The highest BCUT2D eigenvalue weighted by Gasteiger charge is 2.30. The topological polar surface area (TPSA) is 44.8 Å². The van der Waals surface area contributed by atoms with E-state index in [9.17, 15) is 4.79 Å². The fourth-order valence-corrected chi connectivity index (χ4v) is 3.58. The average Bonchev–Trinajstić information content (AvgIpc) is 2.98. The maximum Gasteiger partial charge on any atom is 0.233 e. The Kier molecular flexibility index (Phi) is 4.64. The standard InChI is InChI=1S/C17H25N3O2/c1-18-17(21)12-19-7-9-20(10-8-19)16-6-4-13-3-5-14(22-2)11-15(13)16/h3,5,11,16H,4,6-10,12H2,1-2H3,(H,18,21). The van der Waals surface area contributed by atoms with E-state index in [2.05, 4.69) is 33.3 Å². The van der Waals surface area contributed by atoms with Crippen LogP contribution in [0.5, 0.6) is 5.75 Å². The maximum atomic E-state index is 11.5. The van der Waals surface area contributed by atoms with Crippen LogP contribution in [0.1, 0.15) is 23.6 Å². The summed E-state index contributed by atoms with van der Waals surface area (Å²) in [5, 5.41) is 2.70. The van der Waals surface area contributed by atoms with Crippen LogP contribution in [-0.2, 0) is 11.2 Å². The molecule has 1 aliphatic carbocycles. The van der Waals surface area contributed by atoms with E-state index in [1.807, 2.05) is 0 Å². The lowest BCUT2D eigenvalue weighted by Gasteiger charge is -2.38. The summed E-state index contributed by atoms with van der Waals surface area (Å²) in [4.78, 5) is 16.3. The van der Waals surface area contributed by atoms with Crippen LogP contribution in [0.2, 0.25) is 0 Å². The number of benzene rings is 1. The SMILES string of the molecule is CNC(=O)CN1CCN(C2CCc3ccc(OC)cc32)CC1. The van der Waals surface area contributed by atoms with Crippen molar-refractivity contribution in [2.45, 2.75) is 18.9 Å². The van der Waals surface area contributed by atoms with Gasteiger partial charge in [0.2, 0.25) is 5.91 Å². The van der Waals surface area contributed by atoms with Gasteiger partial charge < -0.3 is 10.1 Å². The number of ether oxygens (including phenoxy) is 1. The number of rotatable bonds is 4. The number of nitrogens with one attached hydrogen (secondary N) is 1. The van der Waals surface area contributed by atoms with Crippen molar-refractivity contribution < 1.29 is 9.53 Å². The number of hydrogen-bond donors (Lipinski definition) is 1. The predicted octanol–water partition coefficient (Wildman–Crippen LogP) is 1.05. The third kappa shape index (κ3) is 3.10. The molecule has 5 heteroatoms. The first-order valence-corrected chi connectivity index (χ1v) is 8.05. The van der Waals surface area contributed by atoms with Crippen LogP contribution in [0, 0.1) is 0 Å². The number of methoxy groups -OCH3 is 1. The van der Waals surface area contributed by atoms with Crippen LogP contribution in [-0.4, -0.2) is 62.6 Å². The molecule has 22 heavy (non-hydrogen) atoms. The molecule has 0 bridgehead atoms. The number of carbonyl (C=O) groups excluding carboxylic acids is 1. The molecule has 0 radical (unpaired) electrons. The lowest BCUT2D eigenvalue weighted by Crippen LogP contribution is -2.49. The molecule has 1 aromatic carbocycles. The molecule has 1 N–H and O–H groups in total. The normalized spacial score (nSPS) is 22.4. The minimum absolute atomic E-state index is 0.101. The lowest BCUT2D eigenvalue weighted by molar-refractivity contribution is -0.122. The smallest absolute Gasteiger partial charge is 0.233 e. The van der Waals surface area contributed by atoms with Crippen molar-refractivity contribution in [3.63, 3.8) is 0 Å². The molecule has 1 heterocycles. The van der Waals surface area contributed by atoms with Crippen LogP contribution >= 0.6 is 0 Å². The van der Waals surface area contributed by atoms with E-state index in [0.29, 0.717) is 12.6 Å². The third-order valence-corrected chi connectivity index (χ3v) is 4.89. The molecule has 1 atom stereocenters. The molecule has 1 saturated heterocycles. The third-order valence-electron chi connectivity index (χ3n) is 4.89. The van der Waals surface area contributed by atoms with Gasteiger partial charge in [0.25, 0.3) is 0 Å². The molecule has 1 unspecified atom stereocenters. The van der Waals surface area contributed by atoms with Gasteiger partial charge in [-0.1, -0.05) is 6.07 Å². The highest BCUT2D eigenvalue weighted by Crippen LogP contribution is 2.38. The van der Waals surface area contributed by atoms with Crippen molar-refractivity contribution in [2.24, 2.45) is 0 Å². The fourth-order valence-electron chi connectivity index (χ4n) is 3.58. The van der Waals surface area contributed by atoms with Crippen LogP contribution in [0.15, 0.2) is 18.2 Å². The van der Waals surface area contributed by atoms with Crippen molar-refractivity contribution in [1.29, 1.82) is 0 Å². The number of likely N-dealkylation sites (N-methyl/N-ethyl adjacent to an activating group) is 1. The van der Waals surface area contributed by atoms with Gasteiger partial charge in [-0.15, -0.1) is 0 Å². The summed E-state index contributed by atoms with van der Waals surface area (Å²) >= 11 is 0. The van der Waals surface area contributed by atoms with E-state index >= 15 is 0 Å². The molecule has 0 saturated carbocycles. The Morgan fingerprint density at radius 1 is 1.32 bits per heavy atom. The second-order valence-electron chi connectivity index (χ2n) is 6.10. The minimum Gasteiger partial charge on any atom is -0.497 e. The number of hydrogen-bond acceptors (Lipinski definition) is 4. The molecule has 0 spiro atoms. The summed E-state index contributed by atoms with van der Waals surface area (Å²) in [7, 11) is 3.42. The summed E-state index contributed by atoms with van der Waals surface area (Å²) in [6.07, 6.45) is 2.35. The number of fused-ring (bicyclic) bond motifs is 1. The second-order valence-corrected chi connectivity index (χ2v) is 6.10. The molecular formula is C17H25N3O2. The monoisotopic (exact) mass is 303 g/mol. The van der Waals surface area contributed by atoms with Crippen molar-refractivity contribution in [2.75, 3.05) is 46.9 Å². The van der Waals surface area contributed by atoms with Crippen molar-refractivity contribution in [3.8, 4) is 5.75 Å². The Morgan fingerprint density at radius 2 is 2.09 bits per heavy atom. The fraction of sp³-hybridized carbons (Fsp3) is 0.588. The number of piperazine rings is 1. The summed E-state index contributed by atoms with van der Waals surface area (Å²) in [6.45, 7) is 4.49. The van der Waals surface area contributed by atoms with E-state index in [1.54, 1.807) is 14.2 Å². The van der Waals surface area contributed by atoms with Gasteiger partial charge in [-0.2, -0.15) is 0 Å². The molecule has 1 amide bonds. The second kappa shape index (κ2) is 6.67. The zero-order valence-corrected chi connectivity index (χ0v) is 13.5. The molecule has 1 aromatic rings. The molecule has 3 rings (SSSR count). The Balaban J connectivity index is 1.63. The minimum atomic E-state index is 0.101. The van der Waals surface area contributed by atoms with Gasteiger partial charge in [0, 0.05) is 39.3 Å². The first kappa shape index (κ1) is 15.3. The maximum absolute atomic E-state index is 11.5. The van der Waals surface area contributed by atoms with E-state index in [4.69, 9.17) is 4.74 Å². The number of aryl methyl sites for hydroxylation is 1. The van der Waals surface area contributed by atoms with E-state index in [-0.39, 0.29) is 5.91 Å². The van der Waals surface area contributed by atoms with Crippen LogP contribution in [0.25, 0.3) is 0 Å². The van der Waals surface area contributed by atoms with Crippen LogP contribution < -0.4 is 10.1 Å². The van der Waals surface area contributed by atoms with Gasteiger partial charge in [-0.05, 0) is 36.1 Å². The van der Waals surface area contributed by atoms with Crippen LogP contribution in [0.4, 0.5) is 0 Å². The molecular weight excluding hydrogens is 278 g/mol. The molecule has 1 fully saturated rings. The first-order valence-electron chi connectivity index (χ1n) is 8.05. The number of amides is 1. The summed E-state index contributed by atoms with van der Waals surface area (Å²) in [5.74, 6) is 1.05. The Bertz CT molecular complexity index is 539. The van der Waals surface area contributed by atoms with Crippen molar-refractivity contribution >= 4 is 5.91 Å². The highest BCUT2D eigenvalue weighted by molar-refractivity contribution is 5.77. The summed E-state index contributed by atoms with van der Waals surface area (Å²) in [5.41, 5.74) is 2.89. The predicted molar refractivity (Wildman–Crippen MR) is 86.1 cm³/mol. The van der Waals surface area contributed by atoms with E-state index in [1.165, 1.54) is 17.5 Å². The number of nitrogens with zero attached hydrogens (tertiary/aromatic N) is 2. The Hall–Kier alpha value is -1.59. The van der Waals surface area contributed by atoms with Gasteiger partial charge in [0.1, 0.15) is 5.75 Å². The van der Waals surface area contributed by atoms with E-state index in [0.717, 1.165) is 38.3 Å². The zero-order valence-electron chi connectivity index (χ0n) is 13.5. The van der Waals surface area contributed by atoms with Gasteiger partial charge >= 0.3 is 0 Å². The van der Waals surface area contributed by atoms with Crippen molar-refractivity contribution in [3.05, 3.63) is 29.3 Å². The van der Waals surface area contributed by atoms with E-state index < -0.39 is 0 Å². The average molecular weight is 303 g/mol. The molecule has 0 aromatic heterocycles. The summed E-state index contributed by atoms with van der Waals surface area (Å²) in [6, 6.07) is 6.97. The van der Waals surface area contributed by atoms with Gasteiger partial charge in [0.05, 0.1) is 13.7 Å². The quantitative estimate of drug-likeness (QED) is 0.903. The Labute approximate surface area is 132 Å². The summed E-state index contributed by atoms with van der Waals surface area (Å²) < 4.78 is 5.38. The highest BCUT2D eigenvalue weighted by atomic mass is 16.5. The lowest BCUT2D eigenvalue weighted by atomic mass is 10.1. The largest absolute Gasteiger partial charge is 0.497 e. The number of carbonyl (C=O) groups is 1. The van der Waals surface area contributed by atoms with Gasteiger partial charge in [0.15, 0.2) is 0 Å². The molecule has 120 valence electrons. The first-order chi connectivity index (χ1) is 10.7. The Morgan fingerprint density at radius 3 is 2.77 bits per heavy atom.